The molecule has 0 saturated carbocycles. The summed E-state index contributed by atoms with van der Waals surface area (Å²) in [6.07, 6.45) is 0. The van der Waals surface area contributed by atoms with Gasteiger partial charge in [-0.15, -0.1) is 11.3 Å². The second-order valence-electron chi connectivity index (χ2n) is 5.04. The van der Waals surface area contributed by atoms with E-state index in [9.17, 15) is 0 Å². The van der Waals surface area contributed by atoms with Crippen LogP contribution in [0, 0.1) is 0 Å². The van der Waals surface area contributed by atoms with Crippen molar-refractivity contribution < 1.29 is 0 Å². The summed E-state index contributed by atoms with van der Waals surface area (Å²) >= 11 is 1.72. The van der Waals surface area contributed by atoms with Crippen LogP contribution in [-0.2, 0) is 6.54 Å². The van der Waals surface area contributed by atoms with Crippen LogP contribution < -0.4 is 5.01 Å². The number of para-hydroxylation sites is 1. The molecular weight excluding hydrogens is 288 g/mol. The van der Waals surface area contributed by atoms with Crippen LogP contribution in [0.15, 0.2) is 83.3 Å². The number of thiophene rings is 1. The first-order valence-corrected chi connectivity index (χ1v) is 8.16. The molecule has 1 heterocycles. The van der Waals surface area contributed by atoms with Gasteiger partial charge in [0.25, 0.3) is 0 Å². The lowest BCUT2D eigenvalue weighted by atomic mass is 10.2. The van der Waals surface area contributed by atoms with Crippen molar-refractivity contribution in [2.45, 2.75) is 13.5 Å². The summed E-state index contributed by atoms with van der Waals surface area (Å²) in [7, 11) is 0. The fraction of sp³-hybridized carbons (Fsp3) is 0.105. The average Bonchev–Trinajstić information content (AvgIpc) is 3.11. The second kappa shape index (κ2) is 7.05. The lowest BCUT2D eigenvalue weighted by molar-refractivity contribution is 0.854. The van der Waals surface area contributed by atoms with Crippen molar-refractivity contribution in [3.8, 4) is 0 Å². The highest BCUT2D eigenvalue weighted by Gasteiger charge is 2.08. The van der Waals surface area contributed by atoms with Crippen molar-refractivity contribution in [3.63, 3.8) is 0 Å². The van der Waals surface area contributed by atoms with Gasteiger partial charge < -0.3 is 0 Å². The molecule has 22 heavy (non-hydrogen) atoms. The monoisotopic (exact) mass is 306 g/mol. The van der Waals surface area contributed by atoms with Crippen LogP contribution in [0.25, 0.3) is 0 Å². The third-order valence-corrected chi connectivity index (χ3v) is 4.36. The molecule has 0 fully saturated rings. The van der Waals surface area contributed by atoms with Gasteiger partial charge in [0.1, 0.15) is 0 Å². The molecule has 3 aromatic rings. The Morgan fingerprint density at radius 3 is 2.23 bits per heavy atom. The lowest BCUT2D eigenvalue weighted by Crippen LogP contribution is -2.17. The van der Waals surface area contributed by atoms with E-state index in [1.54, 1.807) is 11.3 Å². The fourth-order valence-corrected chi connectivity index (χ4v) is 2.93. The van der Waals surface area contributed by atoms with Gasteiger partial charge in [0.05, 0.1) is 22.8 Å². The van der Waals surface area contributed by atoms with E-state index in [1.807, 2.05) is 24.3 Å². The van der Waals surface area contributed by atoms with Crippen LogP contribution in [0.3, 0.4) is 0 Å². The molecule has 0 aliphatic heterocycles. The number of rotatable bonds is 5. The highest BCUT2D eigenvalue weighted by atomic mass is 32.1. The number of benzene rings is 2. The Balaban J connectivity index is 1.91. The van der Waals surface area contributed by atoms with E-state index in [1.165, 1.54) is 10.4 Å². The van der Waals surface area contributed by atoms with Gasteiger partial charge in [-0.3, -0.25) is 5.01 Å². The first-order chi connectivity index (χ1) is 10.8. The Bertz CT molecular complexity index is 719. The topological polar surface area (TPSA) is 15.6 Å². The molecule has 0 spiro atoms. The molecule has 0 aliphatic rings. The largest absolute Gasteiger partial charge is 0.261 e. The van der Waals surface area contributed by atoms with E-state index >= 15 is 0 Å². The fourth-order valence-electron chi connectivity index (χ4n) is 2.26. The number of hydrogen-bond donors (Lipinski definition) is 0. The molecule has 2 aromatic carbocycles. The van der Waals surface area contributed by atoms with Crippen LogP contribution in [0.4, 0.5) is 5.69 Å². The minimum absolute atomic E-state index is 0.758. The van der Waals surface area contributed by atoms with E-state index < -0.39 is 0 Å². The van der Waals surface area contributed by atoms with Gasteiger partial charge in [-0.25, -0.2) is 0 Å². The molecule has 0 radical (unpaired) electrons. The van der Waals surface area contributed by atoms with Crippen molar-refractivity contribution in [1.82, 2.24) is 0 Å². The molecular formula is C19H18N2S. The van der Waals surface area contributed by atoms with Gasteiger partial charge in [0.2, 0.25) is 0 Å². The summed E-state index contributed by atoms with van der Waals surface area (Å²) < 4.78 is 0. The molecule has 3 heteroatoms. The van der Waals surface area contributed by atoms with Crippen LogP contribution in [0.2, 0.25) is 0 Å². The number of hydrogen-bond acceptors (Lipinski definition) is 3. The number of hydrazone groups is 1. The Kier molecular flexibility index (Phi) is 4.66. The van der Waals surface area contributed by atoms with E-state index in [-0.39, 0.29) is 0 Å². The summed E-state index contributed by atoms with van der Waals surface area (Å²) in [5.74, 6) is 0. The predicted octanol–water partition coefficient (Wildman–Crippen LogP) is 5.18. The molecule has 0 N–H and O–H groups in total. The van der Waals surface area contributed by atoms with E-state index in [2.05, 4.69) is 65.8 Å². The third-order valence-electron chi connectivity index (χ3n) is 3.38. The molecule has 0 aliphatic carbocycles. The van der Waals surface area contributed by atoms with Gasteiger partial charge in [0.15, 0.2) is 0 Å². The van der Waals surface area contributed by atoms with Gasteiger partial charge in [-0.1, -0.05) is 54.6 Å². The van der Waals surface area contributed by atoms with Crippen molar-refractivity contribution >= 4 is 22.7 Å². The standard InChI is InChI=1S/C19H18N2S/c1-16(19-13-8-14-22-19)20-21(18-11-6-3-7-12-18)15-17-9-4-2-5-10-17/h2-14H,15H2,1H3. The Labute approximate surface area is 135 Å². The zero-order valence-corrected chi connectivity index (χ0v) is 13.3. The highest BCUT2D eigenvalue weighted by Crippen LogP contribution is 2.19. The minimum Gasteiger partial charge on any atom is -0.261 e. The molecule has 0 unspecified atom stereocenters. The normalized spacial score (nSPS) is 11.4. The molecule has 2 nitrogen and oxygen atoms in total. The van der Waals surface area contributed by atoms with Gasteiger partial charge in [-0.05, 0) is 36.1 Å². The maximum Gasteiger partial charge on any atom is 0.0750 e. The third kappa shape index (κ3) is 3.62. The first-order valence-electron chi connectivity index (χ1n) is 7.28. The van der Waals surface area contributed by atoms with Crippen LogP contribution in [0.5, 0.6) is 0 Å². The number of anilines is 1. The van der Waals surface area contributed by atoms with Crippen LogP contribution in [0.1, 0.15) is 17.4 Å². The number of nitrogens with zero attached hydrogens (tertiary/aromatic N) is 2. The summed E-state index contributed by atoms with van der Waals surface area (Å²) in [4.78, 5) is 1.20. The molecule has 3 rings (SSSR count). The van der Waals surface area contributed by atoms with Crippen molar-refractivity contribution in [2.24, 2.45) is 5.10 Å². The summed E-state index contributed by atoms with van der Waals surface area (Å²) in [6.45, 7) is 2.82. The van der Waals surface area contributed by atoms with Gasteiger partial charge in [-0.2, -0.15) is 5.10 Å². The lowest BCUT2D eigenvalue weighted by Gasteiger charge is -2.20. The Morgan fingerprint density at radius 1 is 0.909 bits per heavy atom. The zero-order chi connectivity index (χ0) is 15.2. The highest BCUT2D eigenvalue weighted by molar-refractivity contribution is 7.12. The molecule has 0 amide bonds. The SMILES string of the molecule is CC(=NN(Cc1ccccc1)c1ccccc1)c1cccs1. The first kappa shape index (κ1) is 14.5. The van der Waals surface area contributed by atoms with Crippen molar-refractivity contribution in [2.75, 3.05) is 5.01 Å². The molecule has 0 atom stereocenters. The molecule has 110 valence electrons. The quantitative estimate of drug-likeness (QED) is 0.468. The smallest absolute Gasteiger partial charge is 0.0750 e. The van der Waals surface area contributed by atoms with Crippen molar-refractivity contribution in [1.29, 1.82) is 0 Å². The zero-order valence-electron chi connectivity index (χ0n) is 12.5. The minimum atomic E-state index is 0.758. The Morgan fingerprint density at radius 2 is 1.59 bits per heavy atom. The maximum absolute atomic E-state index is 4.84. The van der Waals surface area contributed by atoms with E-state index in [4.69, 9.17) is 5.10 Å². The van der Waals surface area contributed by atoms with Crippen LogP contribution >= 0.6 is 11.3 Å². The van der Waals surface area contributed by atoms with E-state index in [0.717, 1.165) is 17.9 Å². The second-order valence-corrected chi connectivity index (χ2v) is 5.99. The summed E-state index contributed by atoms with van der Waals surface area (Å²) in [5.41, 5.74) is 3.38. The summed E-state index contributed by atoms with van der Waals surface area (Å²) in [5, 5.41) is 8.99. The van der Waals surface area contributed by atoms with Gasteiger partial charge >= 0.3 is 0 Å². The maximum atomic E-state index is 4.84. The average molecular weight is 306 g/mol. The van der Waals surface area contributed by atoms with E-state index in [0.29, 0.717) is 0 Å². The van der Waals surface area contributed by atoms with Crippen LogP contribution in [-0.4, -0.2) is 5.71 Å². The van der Waals surface area contributed by atoms with Crippen molar-refractivity contribution in [3.05, 3.63) is 88.6 Å². The summed E-state index contributed by atoms with van der Waals surface area (Å²) in [6, 6.07) is 24.9. The molecule has 1 aromatic heterocycles. The van der Waals surface area contributed by atoms with Gasteiger partial charge in [0, 0.05) is 0 Å². The predicted molar refractivity (Wildman–Crippen MR) is 95.6 cm³/mol. The molecule has 0 bridgehead atoms. The molecule has 0 saturated heterocycles. The Hall–Kier alpha value is -2.39.